The summed E-state index contributed by atoms with van der Waals surface area (Å²) in [6, 6.07) is 18.8. The van der Waals surface area contributed by atoms with E-state index >= 15 is 0 Å². The predicted molar refractivity (Wildman–Crippen MR) is 124 cm³/mol. The third-order valence-electron chi connectivity index (χ3n) is 5.62. The molecule has 7 heteroatoms. The van der Waals surface area contributed by atoms with Crippen LogP contribution in [-0.2, 0) is 11.3 Å². The molecule has 1 fully saturated rings. The number of aromatic nitrogens is 3. The SMILES string of the molecule is Cc1cccc(-n2c(C)nnc2SC(C)C(=O)N2CCN(Cc3ccccc3)CC2)c1. The molecule has 31 heavy (non-hydrogen) atoms. The number of carbonyl (C=O) groups is 1. The molecule has 1 amide bonds. The molecule has 2 aromatic carbocycles. The zero-order valence-corrected chi connectivity index (χ0v) is 19.2. The molecule has 6 nitrogen and oxygen atoms in total. The molecule has 2 heterocycles. The first kappa shape index (κ1) is 21.6. The van der Waals surface area contributed by atoms with Gasteiger partial charge in [-0.2, -0.15) is 0 Å². The quantitative estimate of drug-likeness (QED) is 0.553. The molecule has 1 atom stereocenters. The first-order valence-corrected chi connectivity index (χ1v) is 11.6. The number of rotatable bonds is 6. The van der Waals surface area contributed by atoms with Crippen molar-refractivity contribution >= 4 is 17.7 Å². The summed E-state index contributed by atoms with van der Waals surface area (Å²) in [6.07, 6.45) is 0. The molecule has 1 unspecified atom stereocenters. The fourth-order valence-electron chi connectivity index (χ4n) is 3.92. The van der Waals surface area contributed by atoms with Gasteiger partial charge in [0.25, 0.3) is 0 Å². The van der Waals surface area contributed by atoms with Gasteiger partial charge in [-0.25, -0.2) is 0 Å². The van der Waals surface area contributed by atoms with Gasteiger partial charge in [0.1, 0.15) is 5.82 Å². The van der Waals surface area contributed by atoms with E-state index in [-0.39, 0.29) is 11.2 Å². The molecule has 162 valence electrons. The van der Waals surface area contributed by atoms with Gasteiger partial charge in [0, 0.05) is 38.4 Å². The van der Waals surface area contributed by atoms with Crippen LogP contribution in [0.4, 0.5) is 0 Å². The smallest absolute Gasteiger partial charge is 0.235 e. The first-order chi connectivity index (χ1) is 15.0. The number of aryl methyl sites for hydroxylation is 2. The Morgan fingerprint density at radius 1 is 1.00 bits per heavy atom. The number of amides is 1. The highest BCUT2D eigenvalue weighted by atomic mass is 32.2. The Bertz CT molecular complexity index is 1030. The topological polar surface area (TPSA) is 54.3 Å². The Morgan fingerprint density at radius 3 is 2.45 bits per heavy atom. The minimum absolute atomic E-state index is 0.167. The summed E-state index contributed by atoms with van der Waals surface area (Å²) in [5.41, 5.74) is 3.52. The minimum atomic E-state index is -0.215. The number of hydrogen-bond acceptors (Lipinski definition) is 5. The second-order valence-electron chi connectivity index (χ2n) is 8.05. The lowest BCUT2D eigenvalue weighted by molar-refractivity contribution is -0.132. The van der Waals surface area contributed by atoms with Crippen molar-refractivity contribution in [2.45, 2.75) is 37.7 Å². The normalized spacial score (nSPS) is 15.8. The fourth-order valence-corrected chi connectivity index (χ4v) is 4.91. The number of nitrogens with zero attached hydrogens (tertiary/aromatic N) is 5. The van der Waals surface area contributed by atoms with Gasteiger partial charge in [-0.05, 0) is 44.0 Å². The summed E-state index contributed by atoms with van der Waals surface area (Å²) in [6.45, 7) is 10.2. The molecule has 1 aliphatic heterocycles. The summed E-state index contributed by atoms with van der Waals surface area (Å²) in [5.74, 6) is 0.989. The van der Waals surface area contributed by atoms with Gasteiger partial charge in [-0.3, -0.25) is 14.3 Å². The van der Waals surface area contributed by atoms with E-state index in [9.17, 15) is 4.79 Å². The minimum Gasteiger partial charge on any atom is -0.339 e. The maximum absolute atomic E-state index is 13.1. The van der Waals surface area contributed by atoms with Gasteiger partial charge < -0.3 is 4.90 Å². The van der Waals surface area contributed by atoms with Gasteiger partial charge in [-0.15, -0.1) is 10.2 Å². The molecular weight excluding hydrogens is 406 g/mol. The van der Waals surface area contributed by atoms with E-state index in [1.807, 2.05) is 41.5 Å². The third kappa shape index (κ3) is 5.17. The Hall–Kier alpha value is -2.64. The van der Waals surface area contributed by atoms with Crippen molar-refractivity contribution in [2.75, 3.05) is 26.2 Å². The van der Waals surface area contributed by atoms with Crippen LogP contribution in [0.5, 0.6) is 0 Å². The van der Waals surface area contributed by atoms with Gasteiger partial charge >= 0.3 is 0 Å². The van der Waals surface area contributed by atoms with Crippen LogP contribution in [0.25, 0.3) is 5.69 Å². The van der Waals surface area contributed by atoms with E-state index in [1.165, 1.54) is 22.9 Å². The molecule has 1 aliphatic rings. The van der Waals surface area contributed by atoms with Gasteiger partial charge in [0.2, 0.25) is 5.91 Å². The van der Waals surface area contributed by atoms with Crippen LogP contribution in [0.2, 0.25) is 0 Å². The van der Waals surface area contributed by atoms with Gasteiger partial charge in [0.05, 0.1) is 5.25 Å². The second kappa shape index (κ2) is 9.66. The summed E-state index contributed by atoms with van der Waals surface area (Å²) >= 11 is 1.48. The van der Waals surface area contributed by atoms with E-state index in [0.29, 0.717) is 0 Å². The first-order valence-electron chi connectivity index (χ1n) is 10.7. The molecule has 0 radical (unpaired) electrons. The van der Waals surface area contributed by atoms with Crippen LogP contribution in [0.1, 0.15) is 23.9 Å². The van der Waals surface area contributed by atoms with E-state index in [4.69, 9.17) is 0 Å². The van der Waals surface area contributed by atoms with E-state index in [2.05, 4.69) is 58.4 Å². The number of thioether (sulfide) groups is 1. The molecular formula is C24H29N5OS. The molecule has 0 bridgehead atoms. The maximum atomic E-state index is 13.1. The zero-order chi connectivity index (χ0) is 21.8. The standard InChI is InChI=1S/C24H29N5OS/c1-18-8-7-11-22(16-18)29-20(3)25-26-24(29)31-19(2)23(30)28-14-12-27(13-15-28)17-21-9-5-4-6-10-21/h4-11,16,19H,12-15,17H2,1-3H3. The Kier molecular flexibility index (Phi) is 6.73. The number of piperazine rings is 1. The van der Waals surface area contributed by atoms with Crippen LogP contribution in [0, 0.1) is 13.8 Å². The molecule has 0 spiro atoms. The molecule has 1 aromatic heterocycles. The van der Waals surface area contributed by atoms with Crippen LogP contribution in [-0.4, -0.2) is 61.9 Å². The van der Waals surface area contributed by atoms with Crippen molar-refractivity contribution in [3.63, 3.8) is 0 Å². The zero-order valence-electron chi connectivity index (χ0n) is 18.4. The van der Waals surface area contributed by atoms with Crippen molar-refractivity contribution in [2.24, 2.45) is 0 Å². The maximum Gasteiger partial charge on any atom is 0.235 e. The van der Waals surface area contributed by atoms with Crippen LogP contribution >= 0.6 is 11.8 Å². The molecule has 1 saturated heterocycles. The van der Waals surface area contributed by atoms with Crippen molar-refractivity contribution in [1.29, 1.82) is 0 Å². The molecule has 4 rings (SSSR count). The highest BCUT2D eigenvalue weighted by Crippen LogP contribution is 2.27. The van der Waals surface area contributed by atoms with Crippen LogP contribution in [0.15, 0.2) is 59.8 Å². The summed E-state index contributed by atoms with van der Waals surface area (Å²) in [5, 5.41) is 9.14. The molecule has 0 saturated carbocycles. The lowest BCUT2D eigenvalue weighted by Crippen LogP contribution is -2.50. The second-order valence-corrected chi connectivity index (χ2v) is 9.36. The van der Waals surface area contributed by atoms with E-state index in [1.54, 1.807) is 0 Å². The van der Waals surface area contributed by atoms with E-state index < -0.39 is 0 Å². The monoisotopic (exact) mass is 435 g/mol. The predicted octanol–water partition coefficient (Wildman–Crippen LogP) is 3.71. The van der Waals surface area contributed by atoms with E-state index in [0.717, 1.165) is 49.4 Å². The summed E-state index contributed by atoms with van der Waals surface area (Å²) in [4.78, 5) is 17.5. The number of hydrogen-bond donors (Lipinski definition) is 0. The van der Waals surface area contributed by atoms with Crippen molar-refractivity contribution in [3.05, 3.63) is 71.5 Å². The van der Waals surface area contributed by atoms with Crippen LogP contribution in [0.3, 0.4) is 0 Å². The van der Waals surface area contributed by atoms with Crippen molar-refractivity contribution < 1.29 is 4.79 Å². The molecule has 0 aliphatic carbocycles. The highest BCUT2D eigenvalue weighted by molar-refractivity contribution is 8.00. The van der Waals surface area contributed by atoms with Gasteiger partial charge in [-0.1, -0.05) is 54.2 Å². The molecule has 0 N–H and O–H groups in total. The average Bonchev–Trinajstić information content (AvgIpc) is 3.14. The third-order valence-corrected chi connectivity index (χ3v) is 6.65. The summed E-state index contributed by atoms with van der Waals surface area (Å²) < 4.78 is 2.03. The number of benzene rings is 2. The Labute approximate surface area is 188 Å². The number of carbonyl (C=O) groups excluding carboxylic acids is 1. The van der Waals surface area contributed by atoms with Gasteiger partial charge in [0.15, 0.2) is 5.16 Å². The summed E-state index contributed by atoms with van der Waals surface area (Å²) in [7, 11) is 0. The lowest BCUT2D eigenvalue weighted by atomic mass is 10.2. The largest absolute Gasteiger partial charge is 0.339 e. The van der Waals surface area contributed by atoms with Crippen molar-refractivity contribution in [3.8, 4) is 5.69 Å². The van der Waals surface area contributed by atoms with Crippen molar-refractivity contribution in [1.82, 2.24) is 24.6 Å². The highest BCUT2D eigenvalue weighted by Gasteiger charge is 2.27. The lowest BCUT2D eigenvalue weighted by Gasteiger charge is -2.35. The fraction of sp³-hybridized carbons (Fsp3) is 0.375. The Balaban J connectivity index is 1.37. The molecule has 3 aromatic rings. The Morgan fingerprint density at radius 2 is 1.74 bits per heavy atom. The average molecular weight is 436 g/mol. The van der Waals surface area contributed by atoms with Crippen LogP contribution < -0.4 is 0 Å².